The SMILES string of the molecule is C[C@]12CCC(=O)[C@H](O)[C@@H]1CC[C@H]1[C@H]2CC[C@]2(C)C(=O)CCC[C@@H]12. The molecule has 0 aromatic rings. The Morgan fingerprint density at radius 1 is 0.913 bits per heavy atom. The first-order valence-electron chi connectivity index (χ1n) is 9.62. The van der Waals surface area contributed by atoms with E-state index in [1.807, 2.05) is 0 Å². The molecule has 0 aliphatic heterocycles. The summed E-state index contributed by atoms with van der Waals surface area (Å²) < 4.78 is 0. The summed E-state index contributed by atoms with van der Waals surface area (Å²) in [4.78, 5) is 24.6. The molecular formula is C20H30O3. The molecule has 0 bridgehead atoms. The van der Waals surface area contributed by atoms with Crippen LogP contribution in [0.3, 0.4) is 0 Å². The average molecular weight is 318 g/mol. The fourth-order valence-electron chi connectivity index (χ4n) is 7.11. The van der Waals surface area contributed by atoms with Crippen LogP contribution >= 0.6 is 0 Å². The molecule has 4 aliphatic rings. The lowest BCUT2D eigenvalue weighted by Gasteiger charge is -2.61. The molecule has 0 aromatic carbocycles. The number of rotatable bonds is 0. The summed E-state index contributed by atoms with van der Waals surface area (Å²) in [5.74, 6) is 2.45. The Hall–Kier alpha value is -0.700. The lowest BCUT2D eigenvalue weighted by atomic mass is 9.42. The third kappa shape index (κ3) is 2.04. The summed E-state index contributed by atoms with van der Waals surface area (Å²) in [6.07, 6.45) is 7.96. The molecule has 4 fully saturated rings. The Morgan fingerprint density at radius 2 is 1.70 bits per heavy atom. The van der Waals surface area contributed by atoms with Crippen molar-refractivity contribution >= 4 is 11.6 Å². The second kappa shape index (κ2) is 5.15. The molecule has 4 aliphatic carbocycles. The first-order chi connectivity index (χ1) is 10.9. The van der Waals surface area contributed by atoms with Gasteiger partial charge in [0.15, 0.2) is 5.78 Å². The van der Waals surface area contributed by atoms with Crippen molar-refractivity contribution in [3.8, 4) is 0 Å². The van der Waals surface area contributed by atoms with Gasteiger partial charge in [0, 0.05) is 18.3 Å². The van der Waals surface area contributed by atoms with Crippen LogP contribution in [0.15, 0.2) is 0 Å². The van der Waals surface area contributed by atoms with Crippen molar-refractivity contribution < 1.29 is 14.7 Å². The predicted octanol–water partition coefficient (Wildman–Crippen LogP) is 3.53. The first kappa shape index (κ1) is 15.8. The minimum Gasteiger partial charge on any atom is -0.385 e. The topological polar surface area (TPSA) is 54.4 Å². The van der Waals surface area contributed by atoms with Gasteiger partial charge in [0.2, 0.25) is 0 Å². The van der Waals surface area contributed by atoms with Crippen molar-refractivity contribution in [1.29, 1.82) is 0 Å². The highest BCUT2D eigenvalue weighted by molar-refractivity contribution is 5.86. The molecule has 7 atom stereocenters. The van der Waals surface area contributed by atoms with E-state index >= 15 is 0 Å². The maximum Gasteiger partial charge on any atom is 0.161 e. The zero-order chi connectivity index (χ0) is 16.4. The standard InChI is InChI=1S/C20H30O3/c1-19-11-9-16(21)18(23)15(19)7-6-12-13-4-3-5-17(22)20(13,2)10-8-14(12)19/h12-15,18,23H,3-11H2,1-2H3/t12-,13+,14-,15+,18-,19-,20+/m1/s1. The van der Waals surface area contributed by atoms with Gasteiger partial charge in [-0.15, -0.1) is 0 Å². The van der Waals surface area contributed by atoms with Gasteiger partial charge in [0.25, 0.3) is 0 Å². The summed E-state index contributed by atoms with van der Waals surface area (Å²) >= 11 is 0. The van der Waals surface area contributed by atoms with Gasteiger partial charge < -0.3 is 5.11 Å². The Kier molecular flexibility index (Phi) is 3.54. The number of ketones is 2. The highest BCUT2D eigenvalue weighted by atomic mass is 16.3. The number of hydrogen-bond acceptors (Lipinski definition) is 3. The first-order valence-corrected chi connectivity index (χ1v) is 9.62. The van der Waals surface area contributed by atoms with E-state index in [0.717, 1.165) is 44.9 Å². The second-order valence-corrected chi connectivity index (χ2v) is 9.25. The lowest BCUT2D eigenvalue weighted by molar-refractivity contribution is -0.170. The van der Waals surface area contributed by atoms with Crippen LogP contribution in [0.1, 0.15) is 71.6 Å². The molecule has 4 rings (SSSR count). The van der Waals surface area contributed by atoms with Crippen LogP contribution in [0.25, 0.3) is 0 Å². The average Bonchev–Trinajstić information content (AvgIpc) is 2.52. The second-order valence-electron chi connectivity index (χ2n) is 9.25. The Bertz CT molecular complexity index is 541. The maximum atomic E-state index is 12.6. The van der Waals surface area contributed by atoms with E-state index in [1.54, 1.807) is 0 Å². The molecule has 0 spiro atoms. The fraction of sp³-hybridized carbons (Fsp3) is 0.900. The molecule has 3 nitrogen and oxygen atoms in total. The monoisotopic (exact) mass is 318 g/mol. The molecule has 0 aromatic heterocycles. The van der Waals surface area contributed by atoms with E-state index in [4.69, 9.17) is 0 Å². The number of aliphatic hydroxyl groups excluding tert-OH is 1. The molecule has 0 unspecified atom stereocenters. The highest BCUT2D eigenvalue weighted by Gasteiger charge is 2.60. The van der Waals surface area contributed by atoms with Crippen molar-refractivity contribution in [2.24, 2.45) is 34.5 Å². The van der Waals surface area contributed by atoms with Crippen molar-refractivity contribution in [3.05, 3.63) is 0 Å². The number of aliphatic hydroxyl groups is 1. The van der Waals surface area contributed by atoms with E-state index < -0.39 is 6.10 Å². The van der Waals surface area contributed by atoms with Gasteiger partial charge in [-0.25, -0.2) is 0 Å². The van der Waals surface area contributed by atoms with Gasteiger partial charge in [-0.05, 0) is 74.0 Å². The number of hydrogen-bond donors (Lipinski definition) is 1. The Morgan fingerprint density at radius 3 is 2.48 bits per heavy atom. The van der Waals surface area contributed by atoms with Gasteiger partial charge >= 0.3 is 0 Å². The summed E-state index contributed by atoms with van der Waals surface area (Å²) in [6.45, 7) is 4.56. The molecule has 0 saturated heterocycles. The number of carbonyl (C=O) groups is 2. The van der Waals surface area contributed by atoms with Crippen molar-refractivity contribution in [1.82, 2.24) is 0 Å². The molecule has 0 amide bonds. The van der Waals surface area contributed by atoms with E-state index in [0.29, 0.717) is 30.0 Å². The normalized spacial score (nSPS) is 53.3. The van der Waals surface area contributed by atoms with Crippen LogP contribution in [0.2, 0.25) is 0 Å². The molecule has 4 saturated carbocycles. The molecule has 0 radical (unpaired) electrons. The van der Waals surface area contributed by atoms with Gasteiger partial charge in [-0.1, -0.05) is 13.8 Å². The molecule has 0 heterocycles. The molecule has 23 heavy (non-hydrogen) atoms. The number of carbonyl (C=O) groups excluding carboxylic acids is 2. The summed E-state index contributed by atoms with van der Waals surface area (Å²) in [6, 6.07) is 0. The molecule has 1 N–H and O–H groups in total. The van der Waals surface area contributed by atoms with Gasteiger partial charge in [-0.2, -0.15) is 0 Å². The molecular weight excluding hydrogens is 288 g/mol. The number of fused-ring (bicyclic) bond motifs is 5. The third-order valence-corrected chi connectivity index (χ3v) is 8.51. The zero-order valence-electron chi connectivity index (χ0n) is 14.5. The van der Waals surface area contributed by atoms with Gasteiger partial charge in [-0.3, -0.25) is 9.59 Å². The van der Waals surface area contributed by atoms with Crippen LogP contribution < -0.4 is 0 Å². The highest BCUT2D eigenvalue weighted by Crippen LogP contribution is 2.64. The maximum absolute atomic E-state index is 12.6. The van der Waals surface area contributed by atoms with Gasteiger partial charge in [0.05, 0.1) is 0 Å². The minimum atomic E-state index is -0.740. The van der Waals surface area contributed by atoms with Crippen LogP contribution in [0, 0.1) is 34.5 Å². The fourth-order valence-corrected chi connectivity index (χ4v) is 7.11. The van der Waals surface area contributed by atoms with E-state index in [-0.39, 0.29) is 22.5 Å². The predicted molar refractivity (Wildman–Crippen MR) is 87.7 cm³/mol. The Labute approximate surface area is 139 Å². The van der Waals surface area contributed by atoms with Crippen LogP contribution in [-0.2, 0) is 9.59 Å². The van der Waals surface area contributed by atoms with E-state index in [2.05, 4.69) is 13.8 Å². The van der Waals surface area contributed by atoms with Crippen LogP contribution in [0.4, 0.5) is 0 Å². The Balaban J connectivity index is 1.66. The third-order valence-electron chi connectivity index (χ3n) is 8.51. The van der Waals surface area contributed by atoms with Crippen LogP contribution in [0.5, 0.6) is 0 Å². The van der Waals surface area contributed by atoms with Crippen LogP contribution in [-0.4, -0.2) is 22.8 Å². The van der Waals surface area contributed by atoms with E-state index in [1.165, 1.54) is 6.42 Å². The van der Waals surface area contributed by atoms with E-state index in [9.17, 15) is 14.7 Å². The summed E-state index contributed by atoms with van der Waals surface area (Å²) in [7, 11) is 0. The van der Waals surface area contributed by atoms with Crippen molar-refractivity contribution in [2.45, 2.75) is 77.7 Å². The smallest absolute Gasteiger partial charge is 0.161 e. The zero-order valence-corrected chi connectivity index (χ0v) is 14.5. The summed E-state index contributed by atoms with van der Waals surface area (Å²) in [5, 5.41) is 10.4. The minimum absolute atomic E-state index is 0.0550. The number of Topliss-reactive ketones (excluding diaryl/α,β-unsaturated/α-hetero) is 2. The summed E-state index contributed by atoms with van der Waals surface area (Å²) in [5.41, 5.74) is 0.00375. The lowest BCUT2D eigenvalue weighted by Crippen LogP contribution is -2.59. The van der Waals surface area contributed by atoms with Crippen molar-refractivity contribution in [3.63, 3.8) is 0 Å². The van der Waals surface area contributed by atoms with Gasteiger partial charge in [0.1, 0.15) is 11.9 Å². The largest absolute Gasteiger partial charge is 0.385 e. The molecule has 128 valence electrons. The van der Waals surface area contributed by atoms with Crippen molar-refractivity contribution in [2.75, 3.05) is 0 Å². The quantitative estimate of drug-likeness (QED) is 0.743. The molecule has 3 heteroatoms.